The maximum atomic E-state index is 14.1. The second-order valence-corrected chi connectivity index (χ2v) is 9.40. The first kappa shape index (κ1) is 23.4. The van der Waals surface area contributed by atoms with Gasteiger partial charge in [0.15, 0.2) is 11.6 Å². The van der Waals surface area contributed by atoms with Crippen molar-refractivity contribution in [1.82, 2.24) is 4.98 Å². The molecule has 33 heavy (non-hydrogen) atoms. The molecular weight excluding hydrogens is 487 g/mol. The number of ether oxygens (including phenoxy) is 1. The first-order valence-electron chi connectivity index (χ1n) is 9.66. The van der Waals surface area contributed by atoms with E-state index in [1.165, 1.54) is 17.0 Å². The van der Waals surface area contributed by atoms with E-state index >= 15 is 0 Å². The summed E-state index contributed by atoms with van der Waals surface area (Å²) < 4.78 is 72.6. The van der Waals surface area contributed by atoms with Crippen LogP contribution in [0.4, 0.5) is 27.6 Å². The normalized spacial score (nSPS) is 16.2. The number of fused-ring (bicyclic) bond motifs is 2. The van der Waals surface area contributed by atoms with Crippen molar-refractivity contribution < 1.29 is 36.3 Å². The summed E-state index contributed by atoms with van der Waals surface area (Å²) in [6.07, 6.45) is -4.92. The third-order valence-electron chi connectivity index (χ3n) is 4.84. The van der Waals surface area contributed by atoms with Crippen molar-refractivity contribution in [2.45, 2.75) is 36.2 Å². The van der Waals surface area contributed by atoms with Gasteiger partial charge in [-0.15, -0.1) is 23.1 Å². The highest BCUT2D eigenvalue weighted by atomic mass is 32.2. The molecule has 0 spiro atoms. The number of nitrogens with zero attached hydrogens (tertiary/aromatic N) is 2. The van der Waals surface area contributed by atoms with Gasteiger partial charge in [0.1, 0.15) is 10.5 Å². The highest BCUT2D eigenvalue weighted by molar-refractivity contribution is 8.01. The molecule has 1 aromatic heterocycles. The minimum atomic E-state index is -4.59. The monoisotopic (exact) mass is 502 g/mol. The largest absolute Gasteiger partial charge is 0.466 e. The van der Waals surface area contributed by atoms with Gasteiger partial charge in [-0.05, 0) is 37.3 Å². The summed E-state index contributed by atoms with van der Waals surface area (Å²) in [5.74, 6) is -3.36. The Morgan fingerprint density at radius 3 is 2.67 bits per heavy atom. The molecule has 1 unspecified atom stereocenters. The Morgan fingerprint density at radius 1 is 1.21 bits per heavy atom. The van der Waals surface area contributed by atoms with E-state index in [0.717, 1.165) is 41.3 Å². The number of carbonyl (C=O) groups excluding carboxylic acids is 2. The lowest BCUT2D eigenvalue weighted by molar-refractivity contribution is -0.144. The van der Waals surface area contributed by atoms with Crippen LogP contribution in [0, 0.1) is 11.6 Å². The summed E-state index contributed by atoms with van der Waals surface area (Å²) in [6, 6.07) is 5.28. The number of aromatic nitrogens is 1. The lowest BCUT2D eigenvalue weighted by atomic mass is 10.1. The number of anilines is 1. The van der Waals surface area contributed by atoms with Crippen molar-refractivity contribution in [2.24, 2.45) is 0 Å². The molecule has 2 aromatic carbocycles. The van der Waals surface area contributed by atoms with Gasteiger partial charge in [-0.3, -0.25) is 9.59 Å². The molecule has 0 radical (unpaired) electrons. The van der Waals surface area contributed by atoms with Gasteiger partial charge in [0, 0.05) is 4.90 Å². The van der Waals surface area contributed by atoms with E-state index in [-0.39, 0.29) is 40.7 Å². The first-order valence-corrected chi connectivity index (χ1v) is 11.4. The fourth-order valence-electron chi connectivity index (χ4n) is 3.35. The summed E-state index contributed by atoms with van der Waals surface area (Å²) in [6.45, 7) is 1.51. The maximum absolute atomic E-state index is 14.1. The number of halogens is 5. The van der Waals surface area contributed by atoms with Crippen molar-refractivity contribution in [2.75, 3.05) is 11.5 Å². The number of thiazole rings is 1. The van der Waals surface area contributed by atoms with E-state index in [4.69, 9.17) is 4.74 Å². The zero-order chi connectivity index (χ0) is 23.9. The van der Waals surface area contributed by atoms with Crippen molar-refractivity contribution in [3.05, 3.63) is 52.5 Å². The molecule has 1 aliphatic heterocycles. The Bertz CT molecular complexity index is 1240. The lowest BCUT2D eigenvalue weighted by Crippen LogP contribution is -2.41. The second kappa shape index (κ2) is 8.90. The van der Waals surface area contributed by atoms with Crippen molar-refractivity contribution in [3.8, 4) is 0 Å². The molecule has 3 aromatic rings. The van der Waals surface area contributed by atoms with Crippen LogP contribution in [0.3, 0.4) is 0 Å². The van der Waals surface area contributed by atoms with Gasteiger partial charge in [-0.1, -0.05) is 0 Å². The van der Waals surface area contributed by atoms with Crippen LogP contribution >= 0.6 is 23.1 Å². The van der Waals surface area contributed by atoms with E-state index in [1.807, 2.05) is 0 Å². The van der Waals surface area contributed by atoms with E-state index in [9.17, 15) is 31.5 Å². The topological polar surface area (TPSA) is 59.5 Å². The second-order valence-electron chi connectivity index (χ2n) is 7.04. The molecule has 0 saturated heterocycles. The zero-order valence-electron chi connectivity index (χ0n) is 16.9. The highest BCUT2D eigenvalue weighted by Crippen LogP contribution is 2.44. The molecule has 0 saturated carbocycles. The number of thioether (sulfide) groups is 1. The molecule has 4 rings (SSSR count). The molecule has 1 amide bonds. The number of esters is 1. The number of alkyl halides is 3. The predicted molar refractivity (Wildman–Crippen MR) is 113 cm³/mol. The molecule has 174 valence electrons. The number of carbonyl (C=O) groups is 2. The fourth-order valence-corrected chi connectivity index (χ4v) is 5.55. The number of benzene rings is 2. The van der Waals surface area contributed by atoms with Gasteiger partial charge in [0.25, 0.3) is 0 Å². The number of hydrogen-bond acceptors (Lipinski definition) is 6. The molecular formula is C21H15F5N2O3S2. The average Bonchev–Trinajstić information content (AvgIpc) is 3.16. The van der Waals surface area contributed by atoms with Crippen LogP contribution in [0.25, 0.3) is 10.2 Å². The summed E-state index contributed by atoms with van der Waals surface area (Å²) >= 11 is 1.89. The van der Waals surface area contributed by atoms with E-state index in [2.05, 4.69) is 4.98 Å². The minimum absolute atomic E-state index is 0.0940. The number of hydrogen-bond donors (Lipinski definition) is 0. The standard InChI is InChI=1S/C21H15F5N2O3S2/c1-2-31-17(29)8-15-20(30)28(12-5-3-10(21(24,25)26)7-14(12)32-15)9-16-27-19-13(33-16)6-4-11(22)18(19)23/h3-7,15H,2,8-9H2,1H3. The zero-order valence-corrected chi connectivity index (χ0v) is 18.5. The Balaban J connectivity index is 1.73. The fraction of sp³-hybridized carbons (Fsp3) is 0.286. The van der Waals surface area contributed by atoms with Crippen LogP contribution in [0.5, 0.6) is 0 Å². The Kier molecular flexibility index (Phi) is 6.32. The van der Waals surface area contributed by atoms with Crippen LogP contribution in [-0.4, -0.2) is 28.7 Å². The van der Waals surface area contributed by atoms with Gasteiger partial charge in [0.05, 0.1) is 40.8 Å². The van der Waals surface area contributed by atoms with Gasteiger partial charge < -0.3 is 9.64 Å². The maximum Gasteiger partial charge on any atom is 0.416 e. The lowest BCUT2D eigenvalue weighted by Gasteiger charge is -2.33. The van der Waals surface area contributed by atoms with Gasteiger partial charge in [0.2, 0.25) is 5.91 Å². The van der Waals surface area contributed by atoms with E-state index < -0.39 is 40.5 Å². The third kappa shape index (κ3) is 4.67. The SMILES string of the molecule is CCOC(=O)CC1Sc2cc(C(F)(F)F)ccc2N(Cc2nc3c(F)c(F)ccc3s2)C1=O. The Labute approximate surface area is 192 Å². The third-order valence-corrected chi connectivity index (χ3v) is 7.07. The number of rotatable bonds is 5. The molecule has 0 bridgehead atoms. The summed E-state index contributed by atoms with van der Waals surface area (Å²) in [7, 11) is 0. The van der Waals surface area contributed by atoms with Crippen LogP contribution in [0.2, 0.25) is 0 Å². The number of amides is 1. The quantitative estimate of drug-likeness (QED) is 0.338. The molecule has 0 fully saturated rings. The van der Waals surface area contributed by atoms with E-state index in [0.29, 0.717) is 4.70 Å². The van der Waals surface area contributed by atoms with Crippen molar-refractivity contribution in [1.29, 1.82) is 0 Å². The summed E-state index contributed by atoms with van der Waals surface area (Å²) in [5.41, 5.74) is -0.871. The summed E-state index contributed by atoms with van der Waals surface area (Å²) in [4.78, 5) is 30.6. The summed E-state index contributed by atoms with van der Waals surface area (Å²) in [5, 5.41) is -0.751. The van der Waals surface area contributed by atoms with Gasteiger partial charge in [-0.2, -0.15) is 13.2 Å². The molecule has 0 N–H and O–H groups in total. The molecule has 5 nitrogen and oxygen atoms in total. The molecule has 12 heteroatoms. The van der Waals surface area contributed by atoms with Gasteiger partial charge >= 0.3 is 12.1 Å². The van der Waals surface area contributed by atoms with Crippen LogP contribution < -0.4 is 4.90 Å². The van der Waals surface area contributed by atoms with Gasteiger partial charge in [-0.25, -0.2) is 13.8 Å². The van der Waals surface area contributed by atoms with Crippen molar-refractivity contribution >= 4 is 50.9 Å². The van der Waals surface area contributed by atoms with Crippen LogP contribution in [0.1, 0.15) is 23.9 Å². The highest BCUT2D eigenvalue weighted by Gasteiger charge is 2.38. The predicted octanol–water partition coefficient (Wildman–Crippen LogP) is 5.55. The van der Waals surface area contributed by atoms with Crippen molar-refractivity contribution in [3.63, 3.8) is 0 Å². The molecule has 1 atom stereocenters. The minimum Gasteiger partial charge on any atom is -0.466 e. The van der Waals surface area contributed by atoms with E-state index in [1.54, 1.807) is 6.92 Å². The smallest absolute Gasteiger partial charge is 0.416 e. The molecule has 1 aliphatic rings. The van der Waals surface area contributed by atoms with Crippen LogP contribution in [0.15, 0.2) is 35.2 Å². The Morgan fingerprint density at radius 2 is 1.97 bits per heavy atom. The molecule has 0 aliphatic carbocycles. The first-order chi connectivity index (χ1) is 15.6. The van der Waals surface area contributed by atoms with Crippen LogP contribution in [-0.2, 0) is 27.0 Å². The average molecular weight is 502 g/mol. The Hall–Kier alpha value is -2.73. The molecule has 2 heterocycles.